The van der Waals surface area contributed by atoms with Crippen molar-refractivity contribution in [2.75, 3.05) is 6.54 Å². The first-order valence-electron chi connectivity index (χ1n) is 4.33. The molecule has 1 aromatic carbocycles. The van der Waals surface area contributed by atoms with E-state index >= 15 is 0 Å². The van der Waals surface area contributed by atoms with Gasteiger partial charge in [-0.1, -0.05) is 24.6 Å². The molecule has 0 fully saturated rings. The Labute approximate surface area is 83.3 Å². The minimum atomic E-state index is 0.258. The van der Waals surface area contributed by atoms with Gasteiger partial charge in [0.15, 0.2) is 0 Å². The smallest absolute Gasteiger partial charge is 0.120 e. The summed E-state index contributed by atoms with van der Waals surface area (Å²) < 4.78 is 0. The lowest BCUT2D eigenvalue weighted by molar-refractivity contribution is 0.461. The summed E-state index contributed by atoms with van der Waals surface area (Å²) in [5.41, 5.74) is 6.35. The third-order valence-corrected chi connectivity index (χ3v) is 2.36. The summed E-state index contributed by atoms with van der Waals surface area (Å²) >= 11 is 5.71. The lowest BCUT2D eigenvalue weighted by atomic mass is 9.97. The highest BCUT2D eigenvalue weighted by atomic mass is 35.5. The highest BCUT2D eigenvalue weighted by Gasteiger charge is 2.09. The zero-order chi connectivity index (χ0) is 9.84. The largest absolute Gasteiger partial charge is 0.508 e. The highest BCUT2D eigenvalue weighted by Crippen LogP contribution is 2.29. The molecule has 0 bridgehead atoms. The maximum absolute atomic E-state index is 9.56. The van der Waals surface area contributed by atoms with Gasteiger partial charge in [0.2, 0.25) is 0 Å². The van der Waals surface area contributed by atoms with Gasteiger partial charge in [0.1, 0.15) is 5.75 Å². The zero-order valence-electron chi connectivity index (χ0n) is 7.63. The van der Waals surface area contributed by atoms with E-state index in [0.717, 1.165) is 12.0 Å². The van der Waals surface area contributed by atoms with E-state index in [1.54, 1.807) is 12.1 Å². The molecule has 2 nitrogen and oxygen atoms in total. The van der Waals surface area contributed by atoms with E-state index in [9.17, 15) is 5.11 Å². The van der Waals surface area contributed by atoms with Crippen LogP contribution in [0, 0.1) is 0 Å². The molecule has 13 heavy (non-hydrogen) atoms. The molecule has 0 spiro atoms. The molecule has 0 saturated heterocycles. The number of rotatable bonds is 3. The predicted octanol–water partition coefficient (Wildman–Crippen LogP) is 2.50. The van der Waals surface area contributed by atoms with E-state index in [2.05, 4.69) is 0 Å². The van der Waals surface area contributed by atoms with Crippen LogP contribution in [-0.2, 0) is 0 Å². The van der Waals surface area contributed by atoms with Crippen LogP contribution in [0.4, 0.5) is 0 Å². The van der Waals surface area contributed by atoms with Crippen molar-refractivity contribution >= 4 is 11.6 Å². The van der Waals surface area contributed by atoms with Gasteiger partial charge in [-0.15, -0.1) is 0 Å². The number of aromatic hydroxyl groups is 1. The maximum atomic E-state index is 9.56. The molecule has 72 valence electrons. The molecule has 0 aliphatic rings. The second-order valence-electron chi connectivity index (χ2n) is 3.18. The van der Waals surface area contributed by atoms with E-state index in [-0.39, 0.29) is 11.7 Å². The Kier molecular flexibility index (Phi) is 3.58. The van der Waals surface area contributed by atoms with Crippen molar-refractivity contribution in [2.24, 2.45) is 5.73 Å². The third kappa shape index (κ3) is 2.61. The number of hydrogen-bond acceptors (Lipinski definition) is 2. The SMILES string of the molecule is CC(CCN)c1ccc(Cl)cc1O. The minimum Gasteiger partial charge on any atom is -0.508 e. The van der Waals surface area contributed by atoms with Crippen LogP contribution >= 0.6 is 11.6 Å². The Bertz CT molecular complexity index is 288. The molecule has 3 heteroatoms. The Balaban J connectivity index is 2.88. The average Bonchev–Trinajstić information content (AvgIpc) is 2.04. The number of phenolic OH excluding ortho intramolecular Hbond substituents is 1. The van der Waals surface area contributed by atoms with Crippen LogP contribution in [0.3, 0.4) is 0 Å². The summed E-state index contributed by atoms with van der Waals surface area (Å²) in [7, 11) is 0. The summed E-state index contributed by atoms with van der Waals surface area (Å²) in [4.78, 5) is 0. The lowest BCUT2D eigenvalue weighted by Gasteiger charge is -2.12. The van der Waals surface area contributed by atoms with E-state index in [1.807, 2.05) is 13.0 Å². The first-order valence-corrected chi connectivity index (χ1v) is 4.71. The van der Waals surface area contributed by atoms with Crippen LogP contribution in [0.15, 0.2) is 18.2 Å². The first kappa shape index (κ1) is 10.4. The first-order chi connectivity index (χ1) is 6.15. The minimum absolute atomic E-state index is 0.258. The molecule has 0 aliphatic heterocycles. The summed E-state index contributed by atoms with van der Waals surface area (Å²) in [5.74, 6) is 0.538. The molecule has 1 rings (SSSR count). The van der Waals surface area contributed by atoms with Gasteiger partial charge in [-0.3, -0.25) is 0 Å². The predicted molar refractivity (Wildman–Crippen MR) is 55.2 cm³/mol. The Morgan fingerprint density at radius 3 is 2.77 bits per heavy atom. The van der Waals surface area contributed by atoms with Gasteiger partial charge in [0.25, 0.3) is 0 Å². The van der Waals surface area contributed by atoms with Crippen LogP contribution in [0.2, 0.25) is 5.02 Å². The number of halogens is 1. The molecule has 0 heterocycles. The van der Waals surface area contributed by atoms with Crippen molar-refractivity contribution in [1.29, 1.82) is 0 Å². The van der Waals surface area contributed by atoms with Crippen molar-refractivity contribution in [2.45, 2.75) is 19.3 Å². The van der Waals surface area contributed by atoms with Crippen LogP contribution < -0.4 is 5.73 Å². The fourth-order valence-electron chi connectivity index (χ4n) is 1.34. The molecule has 1 atom stereocenters. The van der Waals surface area contributed by atoms with E-state index < -0.39 is 0 Å². The van der Waals surface area contributed by atoms with Crippen molar-refractivity contribution in [3.63, 3.8) is 0 Å². The average molecular weight is 200 g/mol. The molecule has 0 amide bonds. The Hall–Kier alpha value is -0.730. The second kappa shape index (κ2) is 4.49. The molecular weight excluding hydrogens is 186 g/mol. The molecule has 3 N–H and O–H groups in total. The molecule has 1 aromatic rings. The van der Waals surface area contributed by atoms with Gasteiger partial charge in [0.05, 0.1) is 0 Å². The monoisotopic (exact) mass is 199 g/mol. The van der Waals surface area contributed by atoms with Gasteiger partial charge in [0, 0.05) is 5.02 Å². The summed E-state index contributed by atoms with van der Waals surface area (Å²) in [6, 6.07) is 5.19. The van der Waals surface area contributed by atoms with E-state index in [0.29, 0.717) is 11.6 Å². The van der Waals surface area contributed by atoms with Crippen LogP contribution in [0.1, 0.15) is 24.8 Å². The van der Waals surface area contributed by atoms with Gasteiger partial charge >= 0.3 is 0 Å². The van der Waals surface area contributed by atoms with E-state index in [4.69, 9.17) is 17.3 Å². The third-order valence-electron chi connectivity index (χ3n) is 2.12. The lowest BCUT2D eigenvalue weighted by Crippen LogP contribution is -2.04. The van der Waals surface area contributed by atoms with Gasteiger partial charge in [-0.2, -0.15) is 0 Å². The number of phenols is 1. The fourth-order valence-corrected chi connectivity index (χ4v) is 1.51. The summed E-state index contributed by atoms with van der Waals surface area (Å²) in [6.45, 7) is 2.67. The highest BCUT2D eigenvalue weighted by molar-refractivity contribution is 6.30. The zero-order valence-corrected chi connectivity index (χ0v) is 8.38. The van der Waals surface area contributed by atoms with Gasteiger partial charge < -0.3 is 10.8 Å². The molecule has 1 unspecified atom stereocenters. The molecule has 0 saturated carbocycles. The van der Waals surface area contributed by atoms with Crippen molar-refractivity contribution in [1.82, 2.24) is 0 Å². The maximum Gasteiger partial charge on any atom is 0.120 e. The molecule has 0 aliphatic carbocycles. The van der Waals surface area contributed by atoms with Crippen LogP contribution in [0.25, 0.3) is 0 Å². The topological polar surface area (TPSA) is 46.2 Å². The second-order valence-corrected chi connectivity index (χ2v) is 3.62. The molecular formula is C10H14ClNO. The normalized spacial score (nSPS) is 12.8. The van der Waals surface area contributed by atoms with Gasteiger partial charge in [-0.25, -0.2) is 0 Å². The Morgan fingerprint density at radius 2 is 2.23 bits per heavy atom. The Morgan fingerprint density at radius 1 is 1.54 bits per heavy atom. The van der Waals surface area contributed by atoms with Crippen LogP contribution in [0.5, 0.6) is 5.75 Å². The number of hydrogen-bond donors (Lipinski definition) is 2. The molecule has 0 aromatic heterocycles. The van der Waals surface area contributed by atoms with Crippen molar-refractivity contribution < 1.29 is 5.11 Å². The molecule has 0 radical (unpaired) electrons. The number of benzene rings is 1. The summed E-state index contributed by atoms with van der Waals surface area (Å²) in [5, 5.41) is 10.1. The summed E-state index contributed by atoms with van der Waals surface area (Å²) in [6.07, 6.45) is 0.870. The van der Waals surface area contributed by atoms with Crippen LogP contribution in [-0.4, -0.2) is 11.7 Å². The van der Waals surface area contributed by atoms with E-state index in [1.165, 1.54) is 0 Å². The van der Waals surface area contributed by atoms with Crippen molar-refractivity contribution in [3.05, 3.63) is 28.8 Å². The number of nitrogens with two attached hydrogens (primary N) is 1. The quantitative estimate of drug-likeness (QED) is 0.786. The fraction of sp³-hybridized carbons (Fsp3) is 0.400. The van der Waals surface area contributed by atoms with Gasteiger partial charge in [-0.05, 0) is 36.6 Å². The van der Waals surface area contributed by atoms with Crippen molar-refractivity contribution in [3.8, 4) is 5.75 Å². The standard InChI is InChI=1S/C10H14ClNO/c1-7(4-5-12)9-3-2-8(11)6-10(9)13/h2-3,6-7,13H,4-5,12H2,1H3.